The molecule has 7 heteroatoms. The number of anilines is 3. The molecule has 3 heterocycles. The fraction of sp³-hybridized carbons (Fsp3) is 0.368. The number of piperidine rings is 1. The van der Waals surface area contributed by atoms with Crippen LogP contribution in [0.3, 0.4) is 0 Å². The second-order valence-corrected chi connectivity index (χ2v) is 6.34. The van der Waals surface area contributed by atoms with E-state index in [0.717, 1.165) is 49.9 Å². The van der Waals surface area contributed by atoms with Crippen LogP contribution in [-0.4, -0.2) is 39.7 Å². The Kier molecular flexibility index (Phi) is 4.77. The Hall–Kier alpha value is -2.96. The maximum Gasteiger partial charge on any atom is 0.270 e. The van der Waals surface area contributed by atoms with Gasteiger partial charge in [0.2, 0.25) is 5.89 Å². The Bertz CT molecular complexity index is 814. The minimum atomic E-state index is 0.290. The van der Waals surface area contributed by atoms with Gasteiger partial charge in [0.05, 0.1) is 6.20 Å². The third-order valence-electron chi connectivity index (χ3n) is 4.77. The highest BCUT2D eigenvalue weighted by molar-refractivity contribution is 5.56. The highest BCUT2D eigenvalue weighted by Gasteiger charge is 2.27. The largest absolute Gasteiger partial charge is 0.355 e. The van der Waals surface area contributed by atoms with Gasteiger partial charge in [-0.3, -0.25) is 4.98 Å². The fourth-order valence-corrected chi connectivity index (χ4v) is 3.36. The zero-order chi connectivity index (χ0) is 17.8. The van der Waals surface area contributed by atoms with E-state index in [4.69, 9.17) is 4.52 Å². The van der Waals surface area contributed by atoms with Crippen molar-refractivity contribution in [2.75, 3.05) is 29.4 Å². The molecule has 0 aliphatic carbocycles. The summed E-state index contributed by atoms with van der Waals surface area (Å²) >= 11 is 0. The average molecular weight is 350 g/mol. The van der Waals surface area contributed by atoms with E-state index in [-0.39, 0.29) is 0 Å². The molecule has 0 bridgehead atoms. The highest BCUT2D eigenvalue weighted by Crippen LogP contribution is 2.30. The van der Waals surface area contributed by atoms with E-state index >= 15 is 0 Å². The Labute approximate surface area is 152 Å². The van der Waals surface area contributed by atoms with E-state index in [1.165, 1.54) is 0 Å². The van der Waals surface area contributed by atoms with Crippen LogP contribution in [-0.2, 0) is 0 Å². The zero-order valence-electron chi connectivity index (χ0n) is 14.8. The molecule has 3 aromatic rings. The molecular formula is C19H22N6O. The summed E-state index contributed by atoms with van der Waals surface area (Å²) in [5.74, 6) is 2.58. The van der Waals surface area contributed by atoms with Crippen LogP contribution in [0.1, 0.15) is 31.6 Å². The first-order valence-corrected chi connectivity index (χ1v) is 9.02. The summed E-state index contributed by atoms with van der Waals surface area (Å²) in [5.41, 5.74) is 1.07. The quantitative estimate of drug-likeness (QED) is 0.698. The van der Waals surface area contributed by atoms with Crippen LogP contribution < -0.4 is 9.80 Å². The predicted octanol–water partition coefficient (Wildman–Crippen LogP) is 3.40. The van der Waals surface area contributed by atoms with E-state index < -0.39 is 0 Å². The molecule has 1 aromatic carbocycles. The molecule has 0 spiro atoms. The number of benzene rings is 1. The summed E-state index contributed by atoms with van der Waals surface area (Å²) in [4.78, 5) is 17.5. The lowest BCUT2D eigenvalue weighted by Crippen LogP contribution is -2.33. The number of para-hydroxylation sites is 1. The van der Waals surface area contributed by atoms with E-state index in [1.807, 2.05) is 24.4 Å². The Morgan fingerprint density at radius 2 is 1.96 bits per heavy atom. The van der Waals surface area contributed by atoms with Crippen LogP contribution >= 0.6 is 0 Å². The monoisotopic (exact) mass is 350 g/mol. The zero-order valence-corrected chi connectivity index (χ0v) is 14.8. The van der Waals surface area contributed by atoms with E-state index in [1.54, 1.807) is 12.4 Å². The van der Waals surface area contributed by atoms with Crippen LogP contribution in [0.15, 0.2) is 53.4 Å². The van der Waals surface area contributed by atoms with Crippen molar-refractivity contribution >= 4 is 17.5 Å². The van der Waals surface area contributed by atoms with E-state index in [2.05, 4.69) is 49.0 Å². The molecule has 1 fully saturated rings. The normalized spacial score (nSPS) is 15.2. The molecule has 0 N–H and O–H groups in total. The molecule has 26 heavy (non-hydrogen) atoms. The SMILES string of the molecule is CCN(c1ccccc1)c1noc(C2CCN(c3cnccn3)CC2)n1. The summed E-state index contributed by atoms with van der Waals surface area (Å²) in [7, 11) is 0. The van der Waals surface area contributed by atoms with Gasteiger partial charge >= 0.3 is 0 Å². The lowest BCUT2D eigenvalue weighted by Gasteiger charge is -2.30. The van der Waals surface area contributed by atoms with Crippen LogP contribution in [0.5, 0.6) is 0 Å². The topological polar surface area (TPSA) is 71.2 Å². The lowest BCUT2D eigenvalue weighted by molar-refractivity contribution is 0.329. The second-order valence-electron chi connectivity index (χ2n) is 6.34. The summed E-state index contributed by atoms with van der Waals surface area (Å²) in [6, 6.07) is 10.1. The molecule has 0 radical (unpaired) electrons. The van der Waals surface area contributed by atoms with Crippen molar-refractivity contribution in [1.29, 1.82) is 0 Å². The Morgan fingerprint density at radius 1 is 1.15 bits per heavy atom. The van der Waals surface area contributed by atoms with Crippen molar-refractivity contribution in [3.8, 4) is 0 Å². The van der Waals surface area contributed by atoms with E-state index in [0.29, 0.717) is 11.9 Å². The van der Waals surface area contributed by atoms with Crippen molar-refractivity contribution < 1.29 is 4.52 Å². The molecule has 0 atom stereocenters. The number of nitrogens with zero attached hydrogens (tertiary/aromatic N) is 6. The molecule has 4 rings (SSSR count). The molecule has 2 aromatic heterocycles. The summed E-state index contributed by atoms with van der Waals surface area (Å²) < 4.78 is 5.60. The molecule has 1 saturated heterocycles. The first kappa shape index (κ1) is 16.5. The molecule has 0 unspecified atom stereocenters. The van der Waals surface area contributed by atoms with Gasteiger partial charge in [-0.25, -0.2) is 4.98 Å². The molecular weight excluding hydrogens is 328 g/mol. The minimum Gasteiger partial charge on any atom is -0.355 e. The molecule has 1 aliphatic heterocycles. The highest BCUT2D eigenvalue weighted by atomic mass is 16.5. The average Bonchev–Trinajstić information content (AvgIpc) is 3.20. The molecule has 1 aliphatic rings. The van der Waals surface area contributed by atoms with Crippen LogP contribution in [0.25, 0.3) is 0 Å². The van der Waals surface area contributed by atoms with E-state index in [9.17, 15) is 0 Å². The van der Waals surface area contributed by atoms with Gasteiger partial charge in [0.25, 0.3) is 5.95 Å². The lowest BCUT2D eigenvalue weighted by atomic mass is 9.97. The van der Waals surface area contributed by atoms with Gasteiger partial charge in [-0.2, -0.15) is 4.98 Å². The summed E-state index contributed by atoms with van der Waals surface area (Å²) in [6.07, 6.45) is 7.17. The van der Waals surface area contributed by atoms with Gasteiger partial charge < -0.3 is 14.3 Å². The molecule has 0 saturated carbocycles. The molecule has 7 nitrogen and oxygen atoms in total. The second kappa shape index (κ2) is 7.51. The summed E-state index contributed by atoms with van der Waals surface area (Å²) in [5, 5.41) is 4.22. The van der Waals surface area contributed by atoms with Gasteiger partial charge in [0.1, 0.15) is 5.82 Å². The number of aromatic nitrogens is 4. The third-order valence-corrected chi connectivity index (χ3v) is 4.77. The first-order chi connectivity index (χ1) is 12.8. The smallest absolute Gasteiger partial charge is 0.270 e. The van der Waals surface area contributed by atoms with Crippen molar-refractivity contribution in [2.24, 2.45) is 0 Å². The van der Waals surface area contributed by atoms with Crippen molar-refractivity contribution in [1.82, 2.24) is 20.1 Å². The number of hydrogen-bond donors (Lipinski definition) is 0. The van der Waals surface area contributed by atoms with Gasteiger partial charge in [-0.15, -0.1) is 0 Å². The summed E-state index contributed by atoms with van der Waals surface area (Å²) in [6.45, 7) is 4.70. The van der Waals surface area contributed by atoms with Crippen LogP contribution in [0, 0.1) is 0 Å². The molecule has 0 amide bonds. The Balaban J connectivity index is 1.44. The standard InChI is InChI=1S/C19H22N6O/c1-2-25(16-6-4-3-5-7-16)19-22-18(26-23-19)15-8-12-24(13-9-15)17-14-20-10-11-21-17/h3-7,10-11,14-15H,2,8-9,12-13H2,1H3. The Morgan fingerprint density at radius 3 is 2.65 bits per heavy atom. The van der Waals surface area contributed by atoms with Gasteiger partial charge in [0.15, 0.2) is 0 Å². The van der Waals surface area contributed by atoms with Gasteiger partial charge in [0, 0.05) is 43.6 Å². The van der Waals surface area contributed by atoms with Crippen LogP contribution in [0.2, 0.25) is 0 Å². The van der Waals surface area contributed by atoms with Crippen molar-refractivity contribution in [2.45, 2.75) is 25.7 Å². The van der Waals surface area contributed by atoms with Crippen LogP contribution in [0.4, 0.5) is 17.5 Å². The third kappa shape index (κ3) is 3.37. The first-order valence-electron chi connectivity index (χ1n) is 9.02. The fourth-order valence-electron chi connectivity index (χ4n) is 3.36. The van der Waals surface area contributed by atoms with Crippen molar-refractivity contribution in [3.63, 3.8) is 0 Å². The molecule has 134 valence electrons. The number of hydrogen-bond acceptors (Lipinski definition) is 7. The maximum absolute atomic E-state index is 5.60. The van der Waals surface area contributed by atoms with Gasteiger partial charge in [-0.05, 0) is 37.1 Å². The minimum absolute atomic E-state index is 0.290. The van der Waals surface area contributed by atoms with Crippen molar-refractivity contribution in [3.05, 3.63) is 54.8 Å². The van der Waals surface area contributed by atoms with Gasteiger partial charge in [-0.1, -0.05) is 18.2 Å². The maximum atomic E-state index is 5.60. The predicted molar refractivity (Wildman–Crippen MR) is 99.6 cm³/mol. The number of rotatable bonds is 5.